The quantitative estimate of drug-likeness (QED) is 0.596. The SMILES string of the molecule is COCC(C)Oc1cc(Oc2cc(F)cc(F)c2)cc(C(=O)Nc2ccn(C)n2)c1. The molecule has 1 unspecified atom stereocenters. The lowest BCUT2D eigenvalue weighted by molar-refractivity contribution is 0.0915. The number of halogens is 2. The number of aromatic nitrogens is 2. The van der Waals surface area contributed by atoms with Crippen molar-refractivity contribution in [3.8, 4) is 17.2 Å². The predicted octanol–water partition coefficient (Wildman–Crippen LogP) is 4.16. The van der Waals surface area contributed by atoms with Crippen LogP contribution in [-0.2, 0) is 11.8 Å². The van der Waals surface area contributed by atoms with Crippen LogP contribution in [-0.4, -0.2) is 35.5 Å². The van der Waals surface area contributed by atoms with Gasteiger partial charge in [0.1, 0.15) is 35.0 Å². The van der Waals surface area contributed by atoms with E-state index in [1.807, 2.05) is 0 Å². The Bertz CT molecular complexity index is 1020. The van der Waals surface area contributed by atoms with Gasteiger partial charge < -0.3 is 19.5 Å². The van der Waals surface area contributed by atoms with Crippen molar-refractivity contribution < 1.29 is 27.8 Å². The third-order valence-electron chi connectivity index (χ3n) is 3.91. The fourth-order valence-corrected chi connectivity index (χ4v) is 2.72. The Morgan fingerprint density at radius 3 is 2.40 bits per heavy atom. The summed E-state index contributed by atoms with van der Waals surface area (Å²) >= 11 is 0. The van der Waals surface area contributed by atoms with Gasteiger partial charge in [-0.25, -0.2) is 8.78 Å². The Morgan fingerprint density at radius 2 is 1.77 bits per heavy atom. The maximum absolute atomic E-state index is 13.5. The molecule has 1 atom stereocenters. The molecule has 0 aliphatic rings. The highest BCUT2D eigenvalue weighted by Crippen LogP contribution is 2.29. The minimum Gasteiger partial charge on any atom is -0.488 e. The molecule has 1 aromatic heterocycles. The highest BCUT2D eigenvalue weighted by atomic mass is 19.1. The fraction of sp³-hybridized carbons (Fsp3) is 0.238. The smallest absolute Gasteiger partial charge is 0.257 e. The number of nitrogens with one attached hydrogen (secondary N) is 1. The molecule has 0 fully saturated rings. The first-order valence-electron chi connectivity index (χ1n) is 9.08. The van der Waals surface area contributed by atoms with E-state index in [1.165, 1.54) is 18.2 Å². The van der Waals surface area contributed by atoms with Crippen LogP contribution in [0.1, 0.15) is 17.3 Å². The van der Waals surface area contributed by atoms with E-state index in [0.717, 1.165) is 18.2 Å². The van der Waals surface area contributed by atoms with Crippen LogP contribution >= 0.6 is 0 Å². The molecule has 1 N–H and O–H groups in total. The second kappa shape index (κ2) is 9.36. The maximum atomic E-state index is 13.5. The van der Waals surface area contributed by atoms with Crippen LogP contribution in [0.15, 0.2) is 48.7 Å². The van der Waals surface area contributed by atoms with E-state index >= 15 is 0 Å². The second-order valence-electron chi connectivity index (χ2n) is 6.61. The van der Waals surface area contributed by atoms with E-state index in [1.54, 1.807) is 38.0 Å². The Morgan fingerprint density at radius 1 is 1.10 bits per heavy atom. The molecule has 2 aromatic carbocycles. The lowest BCUT2D eigenvalue weighted by Crippen LogP contribution is -2.18. The molecule has 1 amide bonds. The van der Waals surface area contributed by atoms with E-state index in [9.17, 15) is 13.6 Å². The van der Waals surface area contributed by atoms with Gasteiger partial charge in [-0.05, 0) is 19.1 Å². The van der Waals surface area contributed by atoms with Gasteiger partial charge in [0.15, 0.2) is 5.82 Å². The molecule has 3 aromatic rings. The number of hydrogen-bond acceptors (Lipinski definition) is 5. The number of benzene rings is 2. The second-order valence-corrected chi connectivity index (χ2v) is 6.61. The molecular formula is C21H21F2N3O4. The lowest BCUT2D eigenvalue weighted by atomic mass is 10.2. The first kappa shape index (κ1) is 21.3. The van der Waals surface area contributed by atoms with Gasteiger partial charge in [-0.2, -0.15) is 5.10 Å². The summed E-state index contributed by atoms with van der Waals surface area (Å²) in [5, 5.41) is 6.77. The van der Waals surface area contributed by atoms with Crippen molar-refractivity contribution in [1.29, 1.82) is 0 Å². The lowest BCUT2D eigenvalue weighted by Gasteiger charge is -2.16. The van der Waals surface area contributed by atoms with Crippen molar-refractivity contribution in [2.75, 3.05) is 19.0 Å². The number of methoxy groups -OCH3 is 1. The van der Waals surface area contributed by atoms with Crippen molar-refractivity contribution in [3.63, 3.8) is 0 Å². The van der Waals surface area contributed by atoms with Crippen molar-refractivity contribution in [2.45, 2.75) is 13.0 Å². The van der Waals surface area contributed by atoms with E-state index < -0.39 is 17.5 Å². The summed E-state index contributed by atoms with van der Waals surface area (Å²) in [4.78, 5) is 12.7. The Hall–Kier alpha value is -3.46. The summed E-state index contributed by atoms with van der Waals surface area (Å²) < 4.78 is 44.9. The van der Waals surface area contributed by atoms with Gasteiger partial charge in [-0.1, -0.05) is 0 Å². The molecule has 0 aliphatic carbocycles. The molecule has 3 rings (SSSR count). The summed E-state index contributed by atoms with van der Waals surface area (Å²) in [6.45, 7) is 2.13. The third kappa shape index (κ3) is 5.77. The van der Waals surface area contributed by atoms with Gasteiger partial charge in [0.05, 0.1) is 6.61 Å². The highest BCUT2D eigenvalue weighted by Gasteiger charge is 2.14. The zero-order chi connectivity index (χ0) is 21.7. The van der Waals surface area contributed by atoms with Gasteiger partial charge in [-0.3, -0.25) is 9.48 Å². The predicted molar refractivity (Wildman–Crippen MR) is 106 cm³/mol. The van der Waals surface area contributed by atoms with Crippen LogP contribution in [0.2, 0.25) is 0 Å². The number of amides is 1. The molecule has 0 aliphatic heterocycles. The molecule has 30 heavy (non-hydrogen) atoms. The van der Waals surface area contributed by atoms with E-state index in [4.69, 9.17) is 14.2 Å². The number of rotatable bonds is 8. The van der Waals surface area contributed by atoms with Gasteiger partial charge in [0, 0.05) is 56.2 Å². The van der Waals surface area contributed by atoms with Crippen LogP contribution < -0.4 is 14.8 Å². The van der Waals surface area contributed by atoms with Gasteiger partial charge in [0.25, 0.3) is 5.91 Å². The molecular weight excluding hydrogens is 396 g/mol. The number of anilines is 1. The number of aryl methyl sites for hydroxylation is 1. The number of ether oxygens (including phenoxy) is 3. The van der Waals surface area contributed by atoms with Gasteiger partial charge in [0.2, 0.25) is 0 Å². The minimum atomic E-state index is -0.778. The van der Waals surface area contributed by atoms with Crippen molar-refractivity contribution >= 4 is 11.7 Å². The average molecular weight is 417 g/mol. The van der Waals surface area contributed by atoms with Crippen LogP contribution in [0.25, 0.3) is 0 Å². The third-order valence-corrected chi connectivity index (χ3v) is 3.91. The molecule has 1 heterocycles. The summed E-state index contributed by atoms with van der Waals surface area (Å²) in [7, 11) is 3.27. The van der Waals surface area contributed by atoms with E-state index in [-0.39, 0.29) is 23.2 Å². The fourth-order valence-electron chi connectivity index (χ4n) is 2.72. The molecule has 158 valence electrons. The molecule has 9 heteroatoms. The van der Waals surface area contributed by atoms with Crippen molar-refractivity contribution in [2.24, 2.45) is 7.05 Å². The van der Waals surface area contributed by atoms with Gasteiger partial charge >= 0.3 is 0 Å². The number of hydrogen-bond donors (Lipinski definition) is 1. The maximum Gasteiger partial charge on any atom is 0.257 e. The number of nitrogens with zero attached hydrogens (tertiary/aromatic N) is 2. The Kier molecular flexibility index (Phi) is 6.63. The largest absolute Gasteiger partial charge is 0.488 e. The van der Waals surface area contributed by atoms with E-state index in [0.29, 0.717) is 18.2 Å². The zero-order valence-electron chi connectivity index (χ0n) is 16.7. The van der Waals surface area contributed by atoms with Crippen LogP contribution in [0, 0.1) is 11.6 Å². The summed E-state index contributed by atoms with van der Waals surface area (Å²) in [6, 6.07) is 8.96. The highest BCUT2D eigenvalue weighted by molar-refractivity contribution is 6.04. The minimum absolute atomic E-state index is 0.0503. The monoisotopic (exact) mass is 417 g/mol. The first-order valence-corrected chi connectivity index (χ1v) is 9.08. The van der Waals surface area contributed by atoms with Crippen molar-refractivity contribution in [1.82, 2.24) is 9.78 Å². The number of carbonyl (C=O) groups is 1. The van der Waals surface area contributed by atoms with E-state index in [2.05, 4.69) is 10.4 Å². The molecule has 0 saturated carbocycles. The number of carbonyl (C=O) groups excluding carboxylic acids is 1. The van der Waals surface area contributed by atoms with Crippen LogP contribution in [0.3, 0.4) is 0 Å². The molecule has 0 saturated heterocycles. The van der Waals surface area contributed by atoms with Crippen LogP contribution in [0.5, 0.6) is 17.2 Å². The standard InChI is InChI=1S/C21H21F2N3O4/c1-13(12-28-3)29-17-6-14(21(27)24-20-4-5-26(2)25-20)7-18(11-17)30-19-9-15(22)8-16(23)10-19/h4-11,13H,12H2,1-3H3,(H,24,25,27). The topological polar surface area (TPSA) is 74.6 Å². The molecule has 0 bridgehead atoms. The Labute approximate surface area is 172 Å². The summed E-state index contributed by atoms with van der Waals surface area (Å²) in [6.07, 6.45) is 1.39. The molecule has 0 spiro atoms. The average Bonchev–Trinajstić information content (AvgIpc) is 3.05. The first-order chi connectivity index (χ1) is 14.3. The summed E-state index contributed by atoms with van der Waals surface area (Å²) in [5.41, 5.74) is 0.217. The zero-order valence-corrected chi connectivity index (χ0v) is 16.7. The van der Waals surface area contributed by atoms with Crippen molar-refractivity contribution in [3.05, 3.63) is 65.9 Å². The molecule has 7 nitrogen and oxygen atoms in total. The molecule has 0 radical (unpaired) electrons. The van der Waals surface area contributed by atoms with Gasteiger partial charge in [-0.15, -0.1) is 0 Å². The van der Waals surface area contributed by atoms with Crippen LogP contribution in [0.4, 0.5) is 14.6 Å². The summed E-state index contributed by atoms with van der Waals surface area (Å²) in [5.74, 6) is -1.18. The Balaban J connectivity index is 1.89. The normalized spacial score (nSPS) is 11.8.